The summed E-state index contributed by atoms with van der Waals surface area (Å²) in [6.07, 6.45) is 0. The summed E-state index contributed by atoms with van der Waals surface area (Å²) in [5.41, 5.74) is 6.23. The number of rotatable bonds is 3. The second kappa shape index (κ2) is 13.2. The zero-order chi connectivity index (χ0) is 22.7. The molecule has 0 fully saturated rings. The molecule has 0 N–H and O–H groups in total. The van der Waals surface area contributed by atoms with Crippen molar-refractivity contribution in [3.8, 4) is 3.66 Å². The van der Waals surface area contributed by atoms with Crippen molar-refractivity contribution in [3.05, 3.63) is 65.7 Å². The van der Waals surface area contributed by atoms with Crippen molar-refractivity contribution >= 4 is 18.7 Å². The first-order valence-electron chi connectivity index (χ1n) is 8.25. The predicted octanol–water partition coefficient (Wildman–Crippen LogP) is 2.67. The normalized spacial score (nSPS) is 9.21. The number of nitrogens with zero attached hydrogens (tertiary/aromatic N) is 6. The van der Waals surface area contributed by atoms with Crippen molar-refractivity contribution in [1.29, 1.82) is 0 Å². The van der Waals surface area contributed by atoms with Crippen LogP contribution in [0.4, 0.5) is 0 Å². The van der Waals surface area contributed by atoms with Gasteiger partial charge in [-0.1, -0.05) is 0 Å². The van der Waals surface area contributed by atoms with Gasteiger partial charge in [-0.05, 0) is 76.8 Å². The van der Waals surface area contributed by atoms with Crippen molar-refractivity contribution in [1.82, 2.24) is 29.1 Å². The molecule has 0 aliphatic carbocycles. The molecule has 0 atom stereocenters. The van der Waals surface area contributed by atoms with Crippen LogP contribution in [0, 0.1) is 58.5 Å². The minimum absolute atomic E-state index is 0.226. The summed E-state index contributed by atoms with van der Waals surface area (Å²) < 4.78 is 23.2. The Hall–Kier alpha value is -2.07. The van der Waals surface area contributed by atoms with E-state index >= 15 is 0 Å². The topological polar surface area (TPSA) is 93.3 Å². The molecule has 0 saturated carbocycles. The van der Waals surface area contributed by atoms with Crippen molar-refractivity contribution in [2.75, 3.05) is 0 Å². The molecule has 0 unspecified atom stereocenters. The van der Waals surface area contributed by atoms with Crippen molar-refractivity contribution in [2.24, 2.45) is 0 Å². The van der Waals surface area contributed by atoms with Gasteiger partial charge in [0.25, 0.3) is 7.12 Å². The molecular weight excluding hydrogens is 562 g/mol. The van der Waals surface area contributed by atoms with E-state index in [0.29, 0.717) is 0 Å². The van der Waals surface area contributed by atoms with E-state index in [0.717, 1.165) is 34.2 Å². The molecule has 29 heavy (non-hydrogen) atoms. The maximum atomic E-state index is 7.50. The third-order valence-corrected chi connectivity index (χ3v) is 3.79. The molecule has 3 rings (SSSR count). The molecule has 1 radical (unpaired) electrons. The summed E-state index contributed by atoms with van der Waals surface area (Å²) in [5, 5.41) is 14.0. The predicted molar refractivity (Wildman–Crippen MR) is 105 cm³/mol. The Balaban J connectivity index is 0.00000100. The summed E-state index contributed by atoms with van der Waals surface area (Å²) >= 11 is 5.97. The summed E-state index contributed by atoms with van der Waals surface area (Å²) in [6, 6.07) is 6.22. The van der Waals surface area contributed by atoms with Gasteiger partial charge in [-0.25, -0.2) is 15.3 Å². The fourth-order valence-corrected chi connectivity index (χ4v) is 2.95. The van der Waals surface area contributed by atoms with Gasteiger partial charge in [0.05, 0.1) is 17.1 Å². The molecular formula is C18H21BClN6O2W. The molecule has 3 heterocycles. The summed E-state index contributed by atoms with van der Waals surface area (Å²) in [6.45, 7) is 21.2. The number of aromatic nitrogens is 6. The van der Waals surface area contributed by atoms with Crippen LogP contribution in [0.1, 0.15) is 34.2 Å². The molecule has 0 bridgehead atoms. The summed E-state index contributed by atoms with van der Waals surface area (Å²) in [4.78, 5) is 0. The minimum atomic E-state index is -0.226. The van der Waals surface area contributed by atoms with E-state index in [4.69, 9.17) is 20.9 Å². The number of hydrogen-bond acceptors (Lipinski definition) is 3. The molecule has 11 heteroatoms. The number of aryl methyl sites for hydroxylation is 6. The maximum absolute atomic E-state index is 7.50. The Kier molecular flexibility index (Phi) is 12.3. The van der Waals surface area contributed by atoms with Crippen molar-refractivity contribution in [3.63, 3.8) is 0 Å². The average molecular weight is 584 g/mol. The molecule has 3 aromatic rings. The van der Waals surface area contributed by atoms with E-state index in [1.807, 2.05) is 34.5 Å². The third-order valence-electron chi connectivity index (χ3n) is 3.79. The van der Waals surface area contributed by atoms with Crippen LogP contribution in [0.5, 0.6) is 0 Å². The summed E-state index contributed by atoms with van der Waals surface area (Å²) in [5.74, 6) is 0. The Labute approximate surface area is 186 Å². The second-order valence-corrected chi connectivity index (χ2v) is 7.86. The molecule has 0 spiro atoms. The molecule has 151 valence electrons. The van der Waals surface area contributed by atoms with E-state index in [2.05, 4.69) is 71.2 Å². The quantitative estimate of drug-likeness (QED) is 0.270. The van der Waals surface area contributed by atoms with Crippen LogP contribution >= 0.6 is 11.6 Å². The first kappa shape index (κ1) is 26.9. The fraction of sp³-hybridized carbons (Fsp3) is 0.333. The van der Waals surface area contributed by atoms with Gasteiger partial charge in [0, 0.05) is 0 Å². The fourth-order valence-electron chi connectivity index (χ4n) is 2.95. The average Bonchev–Trinajstić information content (AvgIpc) is 3.30. The van der Waals surface area contributed by atoms with Gasteiger partial charge < -0.3 is 13.8 Å². The summed E-state index contributed by atoms with van der Waals surface area (Å²) in [7, 11) is -0.226. The van der Waals surface area contributed by atoms with Crippen LogP contribution in [0.3, 0.4) is 0 Å². The Morgan fingerprint density at radius 2 is 0.966 bits per heavy atom. The van der Waals surface area contributed by atoms with Crippen LogP contribution in [-0.4, -0.2) is 36.2 Å². The second-order valence-electron chi connectivity index (χ2n) is 6.04. The van der Waals surface area contributed by atoms with Crippen LogP contribution in [0.25, 0.3) is 0 Å². The van der Waals surface area contributed by atoms with E-state index in [1.54, 1.807) is 0 Å². The first-order chi connectivity index (χ1) is 13.8. The zero-order valence-electron chi connectivity index (χ0n) is 17.1. The van der Waals surface area contributed by atoms with E-state index in [9.17, 15) is 0 Å². The SMILES string of the molecule is Cc1cc(C)n([B-](n2nc(C)cc2C)n2nc(C)cc2C)n1.Cl[C]#[W+].[C-]#[O+].[C-]#[O+]. The molecule has 3 aromatic heterocycles. The van der Waals surface area contributed by atoms with Crippen LogP contribution in [0.2, 0.25) is 0 Å². The first-order valence-corrected chi connectivity index (χ1v) is 10.1. The van der Waals surface area contributed by atoms with Gasteiger partial charge >= 0.3 is 57.0 Å². The van der Waals surface area contributed by atoms with E-state index in [1.165, 1.54) is 19.2 Å². The number of hydrogen-bond donors (Lipinski definition) is 0. The molecule has 0 aromatic carbocycles. The van der Waals surface area contributed by atoms with E-state index < -0.39 is 0 Å². The Morgan fingerprint density at radius 1 is 0.759 bits per heavy atom. The number of halogens is 1. The zero-order valence-corrected chi connectivity index (χ0v) is 20.8. The van der Waals surface area contributed by atoms with Gasteiger partial charge in [0.15, 0.2) is 0 Å². The van der Waals surface area contributed by atoms with Gasteiger partial charge in [0.2, 0.25) is 0 Å². The molecule has 0 saturated heterocycles. The third kappa shape index (κ3) is 7.04. The molecule has 8 nitrogen and oxygen atoms in total. The Morgan fingerprint density at radius 3 is 1.10 bits per heavy atom. The van der Waals surface area contributed by atoms with Gasteiger partial charge in [0.1, 0.15) is 0 Å². The Bertz CT molecular complexity index is 899. The van der Waals surface area contributed by atoms with Gasteiger partial charge in [-0.3, -0.25) is 0 Å². The van der Waals surface area contributed by atoms with Crippen molar-refractivity contribution in [2.45, 2.75) is 41.5 Å². The van der Waals surface area contributed by atoms with Gasteiger partial charge in [-0.2, -0.15) is 0 Å². The van der Waals surface area contributed by atoms with E-state index in [-0.39, 0.29) is 7.12 Å². The molecule has 0 aliphatic rings. The van der Waals surface area contributed by atoms with Crippen LogP contribution < -0.4 is 0 Å². The molecule has 0 amide bonds. The van der Waals surface area contributed by atoms with Crippen LogP contribution in [-0.2, 0) is 28.5 Å². The van der Waals surface area contributed by atoms with Crippen molar-refractivity contribution < 1.29 is 28.5 Å². The van der Waals surface area contributed by atoms with Crippen LogP contribution in [0.15, 0.2) is 18.2 Å². The van der Waals surface area contributed by atoms with Gasteiger partial charge in [-0.15, -0.1) is 0 Å². The monoisotopic (exact) mass is 583 g/mol. The molecule has 0 aliphatic heterocycles. The standard InChI is InChI=1S/C15H21BN6.CCl.2CO.W/c1-10-7-13(4)20(17-10)16(21-14(5)8-11(2)18-21)22-15(6)9-12(3)19-22;3*1-2;/h7-9H,1-6H3;;;;/q-1;;;;+1.